The van der Waals surface area contributed by atoms with Crippen molar-refractivity contribution in [1.82, 2.24) is 9.97 Å². The Kier molecular flexibility index (Phi) is 4.45. The lowest BCUT2D eigenvalue weighted by molar-refractivity contribution is -0.125. The summed E-state index contributed by atoms with van der Waals surface area (Å²) in [4.78, 5) is 23.8. The molecule has 2 bridgehead atoms. The number of fused-ring (bicyclic) bond motifs is 6. The van der Waals surface area contributed by atoms with Crippen LogP contribution in [0.1, 0.15) is 50.6 Å². The number of carbonyl (C=O) groups is 1. The number of halogens is 3. The third-order valence-electron chi connectivity index (χ3n) is 7.90. The topological polar surface area (TPSA) is 54.9 Å². The van der Waals surface area contributed by atoms with Crippen LogP contribution in [0.4, 0.5) is 5.69 Å². The Morgan fingerprint density at radius 2 is 1.52 bits per heavy atom. The molecule has 0 saturated heterocycles. The fourth-order valence-electron chi connectivity index (χ4n) is 5.51. The van der Waals surface area contributed by atoms with Gasteiger partial charge in [-0.05, 0) is 55.0 Å². The first-order valence-electron chi connectivity index (χ1n) is 10.3. The maximum Gasteiger partial charge on any atom is 0.237 e. The number of rotatable bonds is 2. The quantitative estimate of drug-likeness (QED) is 0.441. The maximum absolute atomic E-state index is 13.9. The van der Waals surface area contributed by atoms with Crippen LogP contribution in [0.2, 0.25) is 15.1 Å². The minimum absolute atomic E-state index is 0.0754. The van der Waals surface area contributed by atoms with Gasteiger partial charge < -0.3 is 5.32 Å². The Morgan fingerprint density at radius 1 is 0.903 bits per heavy atom. The second kappa shape index (κ2) is 6.57. The largest absolute Gasteiger partial charge is 0.325 e. The number of nitrogens with zero attached hydrogens (tertiary/aromatic N) is 2. The lowest BCUT2D eigenvalue weighted by Crippen LogP contribution is -2.48. The van der Waals surface area contributed by atoms with E-state index in [1.807, 2.05) is 19.1 Å². The zero-order valence-electron chi connectivity index (χ0n) is 17.7. The van der Waals surface area contributed by atoms with Crippen molar-refractivity contribution in [2.45, 2.75) is 51.4 Å². The van der Waals surface area contributed by atoms with Gasteiger partial charge in [0.25, 0.3) is 0 Å². The number of anilines is 1. The molecule has 31 heavy (non-hydrogen) atoms. The predicted molar refractivity (Wildman–Crippen MR) is 126 cm³/mol. The van der Waals surface area contributed by atoms with Crippen molar-refractivity contribution in [2.24, 2.45) is 5.41 Å². The van der Waals surface area contributed by atoms with Crippen LogP contribution in [0.3, 0.4) is 0 Å². The Morgan fingerprint density at radius 3 is 2.13 bits per heavy atom. The van der Waals surface area contributed by atoms with Gasteiger partial charge in [-0.25, -0.2) is 9.97 Å². The van der Waals surface area contributed by atoms with E-state index in [1.165, 1.54) is 0 Å². The van der Waals surface area contributed by atoms with E-state index in [2.05, 4.69) is 26.1 Å². The first-order chi connectivity index (χ1) is 14.5. The minimum Gasteiger partial charge on any atom is -0.325 e. The standard InChI is InChI=1S/C24H22Cl3N3O/c1-12-5-6-13(9-14(12)25)28-21(31)24-8-7-23(4,22(24,2)3)19-20(24)30-18-11-16(27)15(26)10-17(18)29-19/h5-6,9-11H,7-8H2,1-4H3,(H,28,31). The number of hydrogen-bond acceptors (Lipinski definition) is 3. The van der Waals surface area contributed by atoms with Crippen LogP contribution < -0.4 is 5.32 Å². The highest BCUT2D eigenvalue weighted by atomic mass is 35.5. The summed E-state index contributed by atoms with van der Waals surface area (Å²) in [5, 5.41) is 4.60. The molecule has 1 fully saturated rings. The summed E-state index contributed by atoms with van der Waals surface area (Å²) in [6.07, 6.45) is 1.56. The molecule has 2 aliphatic rings. The zero-order chi connectivity index (χ0) is 22.3. The number of aromatic nitrogens is 2. The molecular weight excluding hydrogens is 453 g/mol. The summed E-state index contributed by atoms with van der Waals surface area (Å²) in [5.74, 6) is -0.0754. The number of benzene rings is 2. The summed E-state index contributed by atoms with van der Waals surface area (Å²) in [6.45, 7) is 8.42. The number of hydrogen-bond donors (Lipinski definition) is 1. The molecule has 0 spiro atoms. The highest BCUT2D eigenvalue weighted by Gasteiger charge is 2.73. The average molecular weight is 475 g/mol. The average Bonchev–Trinajstić information content (AvgIpc) is 3.00. The molecule has 1 N–H and O–H groups in total. The van der Waals surface area contributed by atoms with Crippen LogP contribution in [0, 0.1) is 12.3 Å². The number of nitrogens with one attached hydrogen (secondary N) is 1. The van der Waals surface area contributed by atoms with Gasteiger partial charge in [-0.1, -0.05) is 61.6 Å². The van der Waals surface area contributed by atoms with E-state index in [0.29, 0.717) is 38.2 Å². The van der Waals surface area contributed by atoms with Gasteiger partial charge in [0, 0.05) is 16.1 Å². The molecule has 0 radical (unpaired) electrons. The van der Waals surface area contributed by atoms with E-state index in [1.54, 1.807) is 18.2 Å². The smallest absolute Gasteiger partial charge is 0.237 e. The van der Waals surface area contributed by atoms with Crippen molar-refractivity contribution in [3.05, 3.63) is 62.4 Å². The third-order valence-corrected chi connectivity index (χ3v) is 9.03. The summed E-state index contributed by atoms with van der Waals surface area (Å²) >= 11 is 18.8. The molecule has 7 heteroatoms. The molecule has 1 aromatic heterocycles. The van der Waals surface area contributed by atoms with Gasteiger partial charge in [0.05, 0.1) is 37.9 Å². The van der Waals surface area contributed by atoms with E-state index in [9.17, 15) is 4.79 Å². The molecule has 1 saturated carbocycles. The van der Waals surface area contributed by atoms with Crippen molar-refractivity contribution in [3.8, 4) is 0 Å². The molecule has 2 atom stereocenters. The van der Waals surface area contributed by atoms with Gasteiger partial charge in [0.2, 0.25) is 5.91 Å². The number of aryl methyl sites for hydroxylation is 1. The van der Waals surface area contributed by atoms with Gasteiger partial charge in [0.1, 0.15) is 0 Å². The molecule has 160 valence electrons. The van der Waals surface area contributed by atoms with Crippen LogP contribution in [0.25, 0.3) is 11.0 Å². The van der Waals surface area contributed by atoms with Crippen LogP contribution in [-0.2, 0) is 15.6 Å². The Hall–Kier alpha value is -1.88. The normalized spacial score (nSPS) is 25.6. The van der Waals surface area contributed by atoms with Crippen molar-refractivity contribution in [3.63, 3.8) is 0 Å². The molecule has 1 heterocycles. The SMILES string of the molecule is Cc1ccc(NC(=O)C23CCC(C)(c4nc5cc(Cl)c(Cl)cc5nc42)C3(C)C)cc1Cl. The number of amides is 1. The van der Waals surface area contributed by atoms with Gasteiger partial charge in [0.15, 0.2) is 0 Å². The predicted octanol–water partition coefficient (Wildman–Crippen LogP) is 6.87. The fourth-order valence-corrected chi connectivity index (χ4v) is 6.01. The Labute approximate surface area is 196 Å². The molecule has 2 aromatic carbocycles. The Balaban J connectivity index is 1.69. The third kappa shape index (κ3) is 2.59. The van der Waals surface area contributed by atoms with Crippen molar-refractivity contribution >= 4 is 57.4 Å². The Bertz CT molecular complexity index is 1290. The van der Waals surface area contributed by atoms with E-state index in [0.717, 1.165) is 23.4 Å². The van der Waals surface area contributed by atoms with Crippen LogP contribution in [0.5, 0.6) is 0 Å². The molecule has 1 amide bonds. The van der Waals surface area contributed by atoms with Crippen molar-refractivity contribution in [2.75, 3.05) is 5.32 Å². The molecular formula is C24H22Cl3N3O. The fraction of sp³-hybridized carbons (Fsp3) is 0.375. The van der Waals surface area contributed by atoms with E-state index in [4.69, 9.17) is 44.8 Å². The summed E-state index contributed by atoms with van der Waals surface area (Å²) in [6, 6.07) is 9.03. The van der Waals surface area contributed by atoms with E-state index >= 15 is 0 Å². The first-order valence-corrected chi connectivity index (χ1v) is 11.4. The zero-order valence-corrected chi connectivity index (χ0v) is 20.0. The highest BCUT2D eigenvalue weighted by Crippen LogP contribution is 2.70. The minimum atomic E-state index is -0.804. The molecule has 2 aliphatic carbocycles. The monoisotopic (exact) mass is 473 g/mol. The second-order valence-electron chi connectivity index (χ2n) is 9.46. The lowest BCUT2D eigenvalue weighted by atomic mass is 9.63. The van der Waals surface area contributed by atoms with Crippen LogP contribution in [0.15, 0.2) is 30.3 Å². The summed E-state index contributed by atoms with van der Waals surface area (Å²) in [5.41, 5.74) is 3.14. The van der Waals surface area contributed by atoms with Gasteiger partial charge in [-0.2, -0.15) is 0 Å². The highest BCUT2D eigenvalue weighted by molar-refractivity contribution is 6.42. The second-order valence-corrected chi connectivity index (χ2v) is 10.7. The molecule has 5 rings (SSSR count). The van der Waals surface area contributed by atoms with E-state index < -0.39 is 5.41 Å². The lowest BCUT2D eigenvalue weighted by Gasteiger charge is -2.39. The van der Waals surface area contributed by atoms with Crippen LogP contribution in [-0.4, -0.2) is 15.9 Å². The van der Waals surface area contributed by atoms with E-state index in [-0.39, 0.29) is 16.7 Å². The molecule has 4 nitrogen and oxygen atoms in total. The maximum atomic E-state index is 13.9. The molecule has 2 unspecified atom stereocenters. The van der Waals surface area contributed by atoms with Gasteiger partial charge in [-0.15, -0.1) is 0 Å². The summed E-state index contributed by atoms with van der Waals surface area (Å²) < 4.78 is 0. The van der Waals surface area contributed by atoms with Gasteiger partial charge >= 0.3 is 0 Å². The summed E-state index contributed by atoms with van der Waals surface area (Å²) in [7, 11) is 0. The number of carbonyl (C=O) groups excluding carboxylic acids is 1. The molecule has 3 aromatic rings. The van der Waals surface area contributed by atoms with Crippen molar-refractivity contribution in [1.29, 1.82) is 0 Å². The van der Waals surface area contributed by atoms with Crippen molar-refractivity contribution < 1.29 is 4.79 Å². The van der Waals surface area contributed by atoms with Crippen LogP contribution >= 0.6 is 34.8 Å². The first kappa shape index (κ1) is 21.0. The molecule has 0 aliphatic heterocycles. The van der Waals surface area contributed by atoms with Gasteiger partial charge in [-0.3, -0.25) is 4.79 Å².